The van der Waals surface area contributed by atoms with Gasteiger partial charge in [-0.1, -0.05) is 0 Å². The van der Waals surface area contributed by atoms with E-state index in [1.165, 1.54) is 0 Å². The quantitative estimate of drug-likeness (QED) is 0.396. The fourth-order valence-electron chi connectivity index (χ4n) is 0. The first-order valence-corrected chi connectivity index (χ1v) is 5.18. The van der Waals surface area contributed by atoms with Gasteiger partial charge in [-0.15, -0.1) is 0 Å². The van der Waals surface area contributed by atoms with Crippen LogP contribution in [0.25, 0.3) is 0 Å². The Morgan fingerprint density at radius 1 is 0.800 bits per heavy atom. The van der Waals surface area contributed by atoms with E-state index >= 15 is 0 Å². The van der Waals surface area contributed by atoms with Crippen molar-refractivity contribution in [2.24, 2.45) is 0 Å². The average Bonchev–Trinajstić information content (AvgIpc) is 0.722. The predicted molar refractivity (Wildman–Crippen MR) is 8.88 cm³/mol. The Kier molecular flexibility index (Phi) is 1.41. The van der Waals surface area contributed by atoms with Gasteiger partial charge in [0.15, 0.2) is 0 Å². The summed E-state index contributed by atoms with van der Waals surface area (Å²) in [5, 5.41) is 0. The van der Waals surface area contributed by atoms with Crippen molar-refractivity contribution in [1.82, 2.24) is 0 Å². The van der Waals surface area contributed by atoms with E-state index in [4.69, 9.17) is 15.6 Å². The zero-order valence-electron chi connectivity index (χ0n) is 2.14. The van der Waals surface area contributed by atoms with E-state index in [0.717, 1.165) is 0 Å². The van der Waals surface area contributed by atoms with E-state index in [1.807, 2.05) is 0 Å². The van der Waals surface area contributed by atoms with Gasteiger partial charge in [-0.2, -0.15) is 0 Å². The molecule has 0 atom stereocenters. The third-order valence-electron chi connectivity index (χ3n) is 0. The van der Waals surface area contributed by atoms with Gasteiger partial charge in [-0.25, -0.2) is 0 Å². The molecule has 4 N–H and O–H groups in total. The van der Waals surface area contributed by atoms with Gasteiger partial charge in [-0.05, 0) is 0 Å². The summed E-state index contributed by atoms with van der Waals surface area (Å²) in [5.41, 5.74) is 0. The molecule has 0 saturated carbocycles. The third kappa shape index (κ3) is 121. The molecule has 0 amide bonds. The number of hydrogen-bond acceptors (Lipinski definition) is 4. The Hall–Kier alpha value is 0.476. The summed E-state index contributed by atoms with van der Waals surface area (Å²) in [5.74, 6) is 0. The van der Waals surface area contributed by atoms with E-state index in [9.17, 15) is 0 Å². The van der Waals surface area contributed by atoms with Gasteiger partial charge < -0.3 is 0 Å². The summed E-state index contributed by atoms with van der Waals surface area (Å²) in [6.07, 6.45) is 0. The summed E-state index contributed by atoms with van der Waals surface area (Å²) >= 11 is -5.06. The molecule has 0 aromatic rings. The van der Waals surface area contributed by atoms with Gasteiger partial charge in [0.2, 0.25) is 0 Å². The molecule has 0 saturated heterocycles. The predicted octanol–water partition coefficient (Wildman–Crippen LogP) is -2.23. The Morgan fingerprint density at radius 3 is 0.800 bits per heavy atom. The van der Waals surface area contributed by atoms with Crippen LogP contribution >= 0.6 is 0 Å². The van der Waals surface area contributed by atoms with Crippen LogP contribution in [0, 0.1) is 0 Å². The van der Waals surface area contributed by atoms with Crippen LogP contribution in [0.4, 0.5) is 0 Å². The van der Waals surface area contributed by atoms with Crippen LogP contribution in [0.1, 0.15) is 0 Å². The number of rotatable bonds is 0. The minimum absolute atomic E-state index is 5.06. The second kappa shape index (κ2) is 1.29. The first-order valence-electron chi connectivity index (χ1n) is 0.632. The van der Waals surface area contributed by atoms with Crippen LogP contribution < -0.4 is 0 Å². The third-order valence-corrected chi connectivity index (χ3v) is 0. The molecule has 0 aliphatic carbocycles. The molecule has 5 heavy (non-hydrogen) atoms. The fourth-order valence-corrected chi connectivity index (χ4v) is 0. The maximum absolute atomic E-state index is 7.38. The van der Waals surface area contributed by atoms with Gasteiger partial charge in [-0.3, -0.25) is 0 Å². The van der Waals surface area contributed by atoms with Gasteiger partial charge in [0, 0.05) is 0 Å². The van der Waals surface area contributed by atoms with Crippen molar-refractivity contribution in [1.29, 1.82) is 0 Å². The van der Waals surface area contributed by atoms with Crippen LogP contribution in [0.5, 0.6) is 0 Å². The molecule has 0 bridgehead atoms. The SMILES string of the molecule is [OH][Os]([OH])([OH])[OH]. The Bertz CT molecular complexity index is 19.1. The second-order valence-corrected chi connectivity index (χ2v) is 3.47. The first kappa shape index (κ1) is 5.48. The molecular weight excluding hydrogens is 254 g/mol. The monoisotopic (exact) mass is 260 g/mol. The second-order valence-electron chi connectivity index (χ2n) is 0.424. The molecule has 5 heteroatoms. The molecular formula is H4O4Os. The maximum atomic E-state index is 7.38. The van der Waals surface area contributed by atoms with Crippen LogP contribution in [-0.2, 0) is 16.5 Å². The van der Waals surface area contributed by atoms with Crippen LogP contribution in [0.2, 0.25) is 0 Å². The summed E-state index contributed by atoms with van der Waals surface area (Å²) in [6.45, 7) is 0. The molecule has 0 aromatic heterocycles. The standard InChI is InChI=1S/4H2O.Os/h4*1H2;/q;;;;+4/p-4. The molecule has 0 heterocycles. The normalized spacial score (nSPS) is 15.2. The topological polar surface area (TPSA) is 80.9 Å². The zero-order valence-corrected chi connectivity index (χ0v) is 4.68. The summed E-state index contributed by atoms with van der Waals surface area (Å²) < 4.78 is 29.5. The first-order chi connectivity index (χ1) is 2.00. The Balaban J connectivity index is 3.02. The van der Waals surface area contributed by atoms with Crippen molar-refractivity contribution in [2.45, 2.75) is 0 Å². The van der Waals surface area contributed by atoms with Crippen molar-refractivity contribution < 1.29 is 32.1 Å². The zero-order chi connectivity index (χ0) is 4.50. The number of hydrogen-bond donors (Lipinski definition) is 4. The molecule has 0 aliphatic heterocycles. The van der Waals surface area contributed by atoms with Gasteiger partial charge >= 0.3 is 32.1 Å². The molecule has 0 unspecified atom stereocenters. The molecule has 0 fully saturated rings. The summed E-state index contributed by atoms with van der Waals surface area (Å²) in [7, 11) is 0. The molecule has 0 aliphatic rings. The van der Waals surface area contributed by atoms with E-state index in [1.54, 1.807) is 0 Å². The summed E-state index contributed by atoms with van der Waals surface area (Å²) in [4.78, 5) is 0. The van der Waals surface area contributed by atoms with Crippen LogP contribution in [-0.4, -0.2) is 15.6 Å². The molecule has 36 valence electrons. The van der Waals surface area contributed by atoms with Crippen molar-refractivity contribution in [3.05, 3.63) is 0 Å². The van der Waals surface area contributed by atoms with E-state index in [-0.39, 0.29) is 0 Å². The van der Waals surface area contributed by atoms with Crippen molar-refractivity contribution in [3.8, 4) is 0 Å². The Morgan fingerprint density at radius 2 is 0.800 bits per heavy atom. The minimum atomic E-state index is -5.06. The van der Waals surface area contributed by atoms with Gasteiger partial charge in [0.25, 0.3) is 0 Å². The van der Waals surface area contributed by atoms with Crippen LogP contribution in [0.3, 0.4) is 0 Å². The molecule has 0 spiro atoms. The summed E-state index contributed by atoms with van der Waals surface area (Å²) in [6, 6.07) is 0. The van der Waals surface area contributed by atoms with Crippen molar-refractivity contribution in [2.75, 3.05) is 0 Å². The molecule has 0 aromatic carbocycles. The van der Waals surface area contributed by atoms with E-state index < -0.39 is 16.5 Å². The molecule has 0 radical (unpaired) electrons. The van der Waals surface area contributed by atoms with E-state index in [2.05, 4.69) is 0 Å². The van der Waals surface area contributed by atoms with Crippen LogP contribution in [0.15, 0.2) is 0 Å². The van der Waals surface area contributed by atoms with Crippen molar-refractivity contribution >= 4 is 0 Å². The molecule has 0 rings (SSSR count). The molecule has 4 nitrogen and oxygen atoms in total. The Labute approximate surface area is 32.9 Å². The fraction of sp³-hybridized carbons (Fsp3) is 0. The van der Waals surface area contributed by atoms with E-state index in [0.29, 0.717) is 0 Å². The van der Waals surface area contributed by atoms with Crippen molar-refractivity contribution in [3.63, 3.8) is 0 Å². The van der Waals surface area contributed by atoms with Gasteiger partial charge in [0.1, 0.15) is 0 Å². The van der Waals surface area contributed by atoms with Gasteiger partial charge in [0.05, 0.1) is 0 Å². The average molecular weight is 258 g/mol.